The third-order valence-corrected chi connectivity index (χ3v) is 4.58. The summed E-state index contributed by atoms with van der Waals surface area (Å²) in [5.74, 6) is 0. The van der Waals surface area contributed by atoms with E-state index in [1.807, 2.05) is 0 Å². The van der Waals surface area contributed by atoms with Crippen LogP contribution in [0.3, 0.4) is 0 Å². The minimum Gasteiger partial charge on any atom is -0.349 e. The Hall–Kier alpha value is -1.92. The quantitative estimate of drug-likeness (QED) is 0.814. The maximum atomic E-state index is 9.53. The second kappa shape index (κ2) is 5.83. The molecule has 1 aliphatic rings. The van der Waals surface area contributed by atoms with Crippen molar-refractivity contribution in [2.45, 2.75) is 39.0 Å². The molecule has 3 rings (SSSR count). The van der Waals surface area contributed by atoms with Crippen molar-refractivity contribution >= 4 is 12.2 Å². The van der Waals surface area contributed by atoms with Gasteiger partial charge in [-0.3, -0.25) is 0 Å². The van der Waals surface area contributed by atoms with Crippen molar-refractivity contribution in [2.75, 3.05) is 0 Å². The van der Waals surface area contributed by atoms with Crippen molar-refractivity contribution in [1.29, 1.82) is 5.26 Å². The summed E-state index contributed by atoms with van der Waals surface area (Å²) < 4.78 is 0.577. The number of hydrogen-bond donors (Lipinski definition) is 1. The van der Waals surface area contributed by atoms with Gasteiger partial charge in [-0.15, -0.1) is 0 Å². The molecule has 0 fully saturated rings. The molecule has 3 heteroatoms. The largest absolute Gasteiger partial charge is 0.349 e. The lowest BCUT2D eigenvalue weighted by Gasteiger charge is -2.21. The van der Waals surface area contributed by atoms with Gasteiger partial charge in [-0.25, -0.2) is 0 Å². The highest BCUT2D eigenvalue weighted by Gasteiger charge is 2.19. The molecule has 0 saturated heterocycles. The number of nitriles is 1. The number of H-pyrrole nitrogens is 1. The Morgan fingerprint density at radius 1 is 1.19 bits per heavy atom. The molecule has 1 aliphatic carbocycles. The second-order valence-electron chi connectivity index (χ2n) is 5.53. The minimum atomic E-state index is 0.577. The van der Waals surface area contributed by atoms with E-state index in [0.717, 1.165) is 30.4 Å². The van der Waals surface area contributed by atoms with Crippen molar-refractivity contribution in [1.82, 2.24) is 4.98 Å². The predicted molar refractivity (Wildman–Crippen MR) is 87.8 cm³/mol. The summed E-state index contributed by atoms with van der Waals surface area (Å²) in [5, 5.41) is 9.53. The lowest BCUT2D eigenvalue weighted by molar-refractivity contribution is 0.668. The number of aryl methyl sites for hydroxylation is 2. The Bertz CT molecular complexity index is 764. The lowest BCUT2D eigenvalue weighted by Crippen LogP contribution is -2.09. The average Bonchev–Trinajstić information content (AvgIpc) is 2.53. The van der Waals surface area contributed by atoms with E-state index in [1.165, 1.54) is 29.7 Å². The van der Waals surface area contributed by atoms with E-state index in [9.17, 15) is 5.26 Å². The summed E-state index contributed by atoms with van der Waals surface area (Å²) >= 11 is 5.39. The van der Waals surface area contributed by atoms with E-state index in [2.05, 4.69) is 42.2 Å². The summed E-state index contributed by atoms with van der Waals surface area (Å²) in [6.07, 6.45) is 5.46. The molecule has 0 saturated carbocycles. The van der Waals surface area contributed by atoms with E-state index >= 15 is 0 Å². The van der Waals surface area contributed by atoms with Crippen LogP contribution in [0.1, 0.15) is 42.1 Å². The third-order valence-electron chi connectivity index (χ3n) is 4.27. The van der Waals surface area contributed by atoms with Crippen LogP contribution in [0, 0.1) is 16.0 Å². The highest BCUT2D eigenvalue weighted by atomic mass is 32.1. The smallest absolute Gasteiger partial charge is 0.122 e. The lowest BCUT2D eigenvalue weighted by atomic mass is 9.87. The summed E-state index contributed by atoms with van der Waals surface area (Å²) in [7, 11) is 0. The van der Waals surface area contributed by atoms with Gasteiger partial charge in [0, 0.05) is 11.3 Å². The van der Waals surface area contributed by atoms with Crippen LogP contribution in [0.25, 0.3) is 11.1 Å². The van der Waals surface area contributed by atoms with Crippen LogP contribution < -0.4 is 0 Å². The first-order chi connectivity index (χ1) is 10.2. The second-order valence-corrected chi connectivity index (χ2v) is 5.94. The number of fused-ring (bicyclic) bond motifs is 1. The molecular weight excluding hydrogens is 276 g/mol. The van der Waals surface area contributed by atoms with Crippen molar-refractivity contribution in [2.24, 2.45) is 0 Å². The van der Waals surface area contributed by atoms with Gasteiger partial charge in [0.15, 0.2) is 0 Å². The van der Waals surface area contributed by atoms with Gasteiger partial charge in [-0.1, -0.05) is 43.4 Å². The molecule has 1 N–H and O–H groups in total. The molecule has 0 unspecified atom stereocenters. The Kier molecular flexibility index (Phi) is 3.90. The minimum absolute atomic E-state index is 0.577. The van der Waals surface area contributed by atoms with Crippen LogP contribution in [-0.4, -0.2) is 4.98 Å². The fraction of sp³-hybridized carbons (Fsp3) is 0.333. The van der Waals surface area contributed by atoms with E-state index < -0.39 is 0 Å². The third kappa shape index (κ3) is 2.52. The first-order valence-corrected chi connectivity index (χ1v) is 7.93. The highest BCUT2D eigenvalue weighted by Crippen LogP contribution is 2.34. The Labute approximate surface area is 130 Å². The van der Waals surface area contributed by atoms with Crippen LogP contribution in [0.5, 0.6) is 0 Å². The van der Waals surface area contributed by atoms with Gasteiger partial charge in [-0.05, 0) is 48.8 Å². The standard InChI is InChI=1S/C18H18N2S/c1-2-12-7-9-13(10-8-12)17-14-5-3-4-6-16(14)20-18(21)15(17)11-19/h7-10H,2-6H2,1H3,(H,20,21). The predicted octanol–water partition coefficient (Wildman–Crippen LogP) is 4.72. The number of nitrogens with zero attached hydrogens (tertiary/aromatic N) is 1. The summed E-state index contributed by atoms with van der Waals surface area (Å²) in [5.41, 5.74) is 6.61. The van der Waals surface area contributed by atoms with Crippen molar-refractivity contribution in [3.05, 3.63) is 51.3 Å². The SMILES string of the molecule is CCc1ccc(-c2c3c([nH]c(=S)c2C#N)CCCC3)cc1. The van der Waals surface area contributed by atoms with Gasteiger partial charge < -0.3 is 4.98 Å². The zero-order valence-corrected chi connectivity index (χ0v) is 13.0. The molecule has 106 valence electrons. The van der Waals surface area contributed by atoms with E-state index in [4.69, 9.17) is 12.2 Å². The molecule has 2 nitrogen and oxygen atoms in total. The number of pyridine rings is 1. The van der Waals surface area contributed by atoms with E-state index in [-0.39, 0.29) is 0 Å². The zero-order valence-electron chi connectivity index (χ0n) is 12.2. The fourth-order valence-corrected chi connectivity index (χ4v) is 3.39. The monoisotopic (exact) mass is 294 g/mol. The number of hydrogen-bond acceptors (Lipinski definition) is 2. The van der Waals surface area contributed by atoms with Gasteiger partial charge in [0.1, 0.15) is 10.7 Å². The van der Waals surface area contributed by atoms with E-state index in [1.54, 1.807) is 0 Å². The Balaban J connectivity index is 2.26. The zero-order chi connectivity index (χ0) is 14.8. The number of aromatic amines is 1. The van der Waals surface area contributed by atoms with E-state index in [0.29, 0.717) is 10.2 Å². The average molecular weight is 294 g/mol. The molecule has 0 aliphatic heterocycles. The molecule has 21 heavy (non-hydrogen) atoms. The Morgan fingerprint density at radius 2 is 1.90 bits per heavy atom. The maximum absolute atomic E-state index is 9.53. The molecule has 0 radical (unpaired) electrons. The molecule has 0 atom stereocenters. The van der Waals surface area contributed by atoms with Crippen molar-refractivity contribution in [3.8, 4) is 17.2 Å². The number of rotatable bonds is 2. The first-order valence-electron chi connectivity index (χ1n) is 7.52. The molecule has 0 spiro atoms. The normalized spacial score (nSPS) is 13.5. The molecular formula is C18H18N2S. The van der Waals surface area contributed by atoms with Crippen LogP contribution in [0.4, 0.5) is 0 Å². The Morgan fingerprint density at radius 3 is 2.57 bits per heavy atom. The summed E-state index contributed by atoms with van der Waals surface area (Å²) in [4.78, 5) is 3.27. The first kappa shape index (κ1) is 14.0. The van der Waals surface area contributed by atoms with Crippen LogP contribution >= 0.6 is 12.2 Å². The maximum Gasteiger partial charge on any atom is 0.122 e. The number of nitrogens with one attached hydrogen (secondary N) is 1. The molecule has 1 heterocycles. The van der Waals surface area contributed by atoms with Crippen molar-refractivity contribution in [3.63, 3.8) is 0 Å². The van der Waals surface area contributed by atoms with Crippen LogP contribution in [0.15, 0.2) is 24.3 Å². The topological polar surface area (TPSA) is 39.6 Å². The number of benzene rings is 1. The van der Waals surface area contributed by atoms with Crippen LogP contribution in [0.2, 0.25) is 0 Å². The summed E-state index contributed by atoms with van der Waals surface area (Å²) in [6, 6.07) is 10.8. The molecule has 1 aromatic heterocycles. The molecule has 0 amide bonds. The summed E-state index contributed by atoms with van der Waals surface area (Å²) in [6.45, 7) is 2.15. The molecule has 1 aromatic carbocycles. The molecule has 0 bridgehead atoms. The van der Waals surface area contributed by atoms with Gasteiger partial charge in [0.05, 0.1) is 5.56 Å². The fourth-order valence-electron chi connectivity index (χ4n) is 3.12. The van der Waals surface area contributed by atoms with Gasteiger partial charge in [0.25, 0.3) is 0 Å². The number of aromatic nitrogens is 1. The van der Waals surface area contributed by atoms with Gasteiger partial charge in [-0.2, -0.15) is 5.26 Å². The van der Waals surface area contributed by atoms with Gasteiger partial charge >= 0.3 is 0 Å². The van der Waals surface area contributed by atoms with Crippen LogP contribution in [-0.2, 0) is 19.3 Å². The molecule has 2 aromatic rings. The highest BCUT2D eigenvalue weighted by molar-refractivity contribution is 7.71. The van der Waals surface area contributed by atoms with Crippen molar-refractivity contribution < 1.29 is 0 Å². The van der Waals surface area contributed by atoms with Gasteiger partial charge in [0.2, 0.25) is 0 Å².